The normalized spacial score (nSPS) is 19.5. The van der Waals surface area contributed by atoms with Gasteiger partial charge in [-0.1, -0.05) is 22.0 Å². The highest BCUT2D eigenvalue weighted by atomic mass is 79.9. The smallest absolute Gasteiger partial charge is 0.189 e. The molecule has 6 nitrogen and oxygen atoms in total. The molecule has 0 fully saturated rings. The fraction of sp³-hybridized carbons (Fsp3) is 0.263. The fourth-order valence-corrected chi connectivity index (χ4v) is 3.86. The Hall–Kier alpha value is -2.16. The number of nitrogens with one attached hydrogen (secondary N) is 1. The van der Waals surface area contributed by atoms with E-state index >= 15 is 0 Å². The van der Waals surface area contributed by atoms with Crippen LogP contribution in [0, 0.1) is 6.92 Å². The molecule has 140 valence electrons. The van der Waals surface area contributed by atoms with E-state index in [1.807, 2.05) is 37.3 Å². The van der Waals surface area contributed by atoms with Crippen LogP contribution in [0.1, 0.15) is 34.8 Å². The van der Waals surface area contributed by atoms with Gasteiger partial charge in [0, 0.05) is 27.6 Å². The molecule has 3 N–H and O–H groups in total. The van der Waals surface area contributed by atoms with Crippen LogP contribution in [0.3, 0.4) is 0 Å². The van der Waals surface area contributed by atoms with Crippen molar-refractivity contribution in [1.29, 1.82) is 0 Å². The van der Waals surface area contributed by atoms with E-state index in [2.05, 4.69) is 26.5 Å². The van der Waals surface area contributed by atoms with Crippen molar-refractivity contribution in [2.45, 2.75) is 26.1 Å². The Morgan fingerprint density at radius 3 is 3.00 bits per heavy atom. The predicted octanol–water partition coefficient (Wildman–Crippen LogP) is 3.69. The van der Waals surface area contributed by atoms with E-state index in [0.29, 0.717) is 13.0 Å². The Morgan fingerprint density at radius 2 is 2.19 bits per heavy atom. The van der Waals surface area contributed by atoms with Crippen molar-refractivity contribution in [3.05, 3.63) is 57.1 Å². The topological polar surface area (TPSA) is 78.1 Å². The standard InChI is InChI=1S/C19H18BrN3O3S/c1-10-2-3-13-15(22-23-19(21)27)7-17(26-16(13)4-10)14-6-12(20)5-11-8-24-9-25-18(11)14/h2-6,17H,7-9H2,1H3,(H3,21,23,27). The molecule has 0 aliphatic carbocycles. The Bertz CT molecular complexity index is 948. The van der Waals surface area contributed by atoms with Gasteiger partial charge in [0.1, 0.15) is 17.6 Å². The zero-order valence-corrected chi connectivity index (χ0v) is 17.0. The van der Waals surface area contributed by atoms with Crippen molar-refractivity contribution in [3.8, 4) is 11.5 Å². The summed E-state index contributed by atoms with van der Waals surface area (Å²) < 4.78 is 18.5. The third-order valence-corrected chi connectivity index (χ3v) is 5.00. The summed E-state index contributed by atoms with van der Waals surface area (Å²) in [6.07, 6.45) is 0.300. The van der Waals surface area contributed by atoms with Crippen molar-refractivity contribution < 1.29 is 14.2 Å². The first-order valence-electron chi connectivity index (χ1n) is 8.44. The summed E-state index contributed by atoms with van der Waals surface area (Å²) in [7, 11) is 0. The van der Waals surface area contributed by atoms with E-state index in [9.17, 15) is 0 Å². The van der Waals surface area contributed by atoms with Crippen molar-refractivity contribution >= 4 is 39.0 Å². The molecule has 2 aromatic rings. The number of hydrogen-bond donors (Lipinski definition) is 2. The highest BCUT2D eigenvalue weighted by Crippen LogP contribution is 2.42. The molecule has 0 aromatic heterocycles. The summed E-state index contributed by atoms with van der Waals surface area (Å²) in [6, 6.07) is 10.1. The highest BCUT2D eigenvalue weighted by Gasteiger charge is 2.31. The van der Waals surface area contributed by atoms with Crippen LogP contribution in [0.25, 0.3) is 0 Å². The molecular weight excluding hydrogens is 430 g/mol. The monoisotopic (exact) mass is 447 g/mol. The van der Waals surface area contributed by atoms with Gasteiger partial charge in [-0.25, -0.2) is 0 Å². The number of hydrazone groups is 1. The van der Waals surface area contributed by atoms with Crippen LogP contribution in [0.15, 0.2) is 39.9 Å². The Labute approximate surface area is 170 Å². The maximum Gasteiger partial charge on any atom is 0.189 e. The second-order valence-electron chi connectivity index (χ2n) is 6.44. The lowest BCUT2D eigenvalue weighted by atomic mass is 9.93. The van der Waals surface area contributed by atoms with E-state index in [-0.39, 0.29) is 18.0 Å². The van der Waals surface area contributed by atoms with Crippen LogP contribution in [-0.2, 0) is 11.3 Å². The van der Waals surface area contributed by atoms with Crippen LogP contribution in [-0.4, -0.2) is 17.6 Å². The number of ether oxygens (including phenoxy) is 3. The fourth-order valence-electron chi connectivity index (χ4n) is 3.30. The summed E-state index contributed by atoms with van der Waals surface area (Å²) >= 11 is 8.46. The van der Waals surface area contributed by atoms with Gasteiger partial charge < -0.3 is 19.9 Å². The van der Waals surface area contributed by atoms with Crippen molar-refractivity contribution in [3.63, 3.8) is 0 Å². The number of thiocarbonyl (C=S) groups is 1. The van der Waals surface area contributed by atoms with Crippen LogP contribution in [0.5, 0.6) is 11.5 Å². The van der Waals surface area contributed by atoms with Gasteiger partial charge in [-0.3, -0.25) is 5.43 Å². The summed E-state index contributed by atoms with van der Waals surface area (Å²) in [5, 5.41) is 4.53. The second kappa shape index (κ2) is 7.46. The Kier molecular flexibility index (Phi) is 5.03. The van der Waals surface area contributed by atoms with Gasteiger partial charge in [-0.15, -0.1) is 0 Å². The number of benzene rings is 2. The molecule has 2 aromatic carbocycles. The largest absolute Gasteiger partial charge is 0.484 e. The molecule has 0 radical (unpaired) electrons. The van der Waals surface area contributed by atoms with Crippen molar-refractivity contribution in [1.82, 2.24) is 5.43 Å². The van der Waals surface area contributed by atoms with Gasteiger partial charge in [0.25, 0.3) is 0 Å². The molecule has 0 amide bonds. The Balaban J connectivity index is 1.78. The average molecular weight is 448 g/mol. The number of nitrogens with two attached hydrogens (primary N) is 1. The number of aryl methyl sites for hydroxylation is 1. The molecule has 1 unspecified atom stereocenters. The minimum atomic E-state index is -0.254. The van der Waals surface area contributed by atoms with Crippen molar-refractivity contribution in [2.75, 3.05) is 6.79 Å². The molecule has 2 aliphatic rings. The van der Waals surface area contributed by atoms with Gasteiger partial charge in [0.05, 0.1) is 12.3 Å². The van der Waals surface area contributed by atoms with E-state index in [0.717, 1.165) is 43.9 Å². The summed E-state index contributed by atoms with van der Waals surface area (Å²) in [5.41, 5.74) is 13.1. The number of hydrogen-bond acceptors (Lipinski definition) is 5. The first-order valence-corrected chi connectivity index (χ1v) is 9.64. The summed E-state index contributed by atoms with van der Waals surface area (Å²) in [4.78, 5) is 0. The molecule has 27 heavy (non-hydrogen) atoms. The first-order chi connectivity index (χ1) is 13.0. The average Bonchev–Trinajstić information content (AvgIpc) is 2.64. The number of fused-ring (bicyclic) bond motifs is 2. The maximum atomic E-state index is 6.34. The van der Waals surface area contributed by atoms with Gasteiger partial charge in [-0.05, 0) is 49.0 Å². The molecule has 8 heteroatoms. The van der Waals surface area contributed by atoms with Crippen LogP contribution < -0.4 is 20.6 Å². The lowest BCUT2D eigenvalue weighted by Crippen LogP contribution is -2.29. The van der Waals surface area contributed by atoms with Gasteiger partial charge in [0.15, 0.2) is 11.9 Å². The molecule has 2 heterocycles. The zero-order chi connectivity index (χ0) is 19.0. The third-order valence-electron chi connectivity index (χ3n) is 4.45. The lowest BCUT2D eigenvalue weighted by molar-refractivity contribution is -0.0183. The molecule has 0 bridgehead atoms. The number of rotatable bonds is 2. The van der Waals surface area contributed by atoms with Crippen LogP contribution in [0.4, 0.5) is 0 Å². The van der Waals surface area contributed by atoms with Gasteiger partial charge in [-0.2, -0.15) is 5.10 Å². The second-order valence-corrected chi connectivity index (χ2v) is 7.79. The number of halogens is 1. The number of nitrogens with zero attached hydrogens (tertiary/aromatic N) is 1. The van der Waals surface area contributed by atoms with Crippen LogP contribution in [0.2, 0.25) is 0 Å². The van der Waals surface area contributed by atoms with Crippen molar-refractivity contribution in [2.24, 2.45) is 10.8 Å². The minimum Gasteiger partial charge on any atom is -0.484 e. The lowest BCUT2D eigenvalue weighted by Gasteiger charge is -2.30. The molecule has 0 spiro atoms. The zero-order valence-electron chi connectivity index (χ0n) is 14.6. The summed E-state index contributed by atoms with van der Waals surface area (Å²) in [6.45, 7) is 2.76. The van der Waals surface area contributed by atoms with Gasteiger partial charge >= 0.3 is 0 Å². The van der Waals surface area contributed by atoms with E-state index in [1.54, 1.807) is 0 Å². The Morgan fingerprint density at radius 1 is 1.33 bits per heavy atom. The first kappa shape index (κ1) is 18.2. The predicted molar refractivity (Wildman–Crippen MR) is 110 cm³/mol. The molecular formula is C19H18BrN3O3S. The quantitative estimate of drug-likeness (QED) is 0.539. The van der Waals surface area contributed by atoms with E-state index < -0.39 is 0 Å². The molecule has 0 saturated carbocycles. The SMILES string of the molecule is Cc1ccc2c(c1)OC(c1cc(Br)cc3c1OCOC3)CC2=NNC(N)=S. The molecule has 1 atom stereocenters. The highest BCUT2D eigenvalue weighted by molar-refractivity contribution is 9.10. The molecule has 2 aliphatic heterocycles. The van der Waals surface area contributed by atoms with E-state index in [1.165, 1.54) is 0 Å². The molecule has 0 saturated heterocycles. The minimum absolute atomic E-state index is 0.125. The summed E-state index contributed by atoms with van der Waals surface area (Å²) in [5.74, 6) is 1.59. The van der Waals surface area contributed by atoms with Gasteiger partial charge in [0.2, 0.25) is 0 Å². The molecule has 4 rings (SSSR count). The van der Waals surface area contributed by atoms with E-state index in [4.69, 9.17) is 32.2 Å². The maximum absolute atomic E-state index is 6.34. The van der Waals surface area contributed by atoms with Crippen LogP contribution >= 0.6 is 28.1 Å². The third kappa shape index (κ3) is 3.78.